The van der Waals surface area contributed by atoms with Crippen LogP contribution in [0.3, 0.4) is 0 Å². The first kappa shape index (κ1) is 15.9. The number of nitrogen functional groups attached to an aromatic ring is 1. The van der Waals surface area contributed by atoms with Gasteiger partial charge in [0.15, 0.2) is 0 Å². The molecule has 0 aliphatic carbocycles. The van der Waals surface area contributed by atoms with E-state index < -0.39 is 0 Å². The number of benzene rings is 1. The summed E-state index contributed by atoms with van der Waals surface area (Å²) in [6.07, 6.45) is 0.156. The first-order chi connectivity index (χ1) is 9.97. The topological polar surface area (TPSA) is 84.7 Å². The third-order valence-corrected chi connectivity index (χ3v) is 3.62. The molecular weight excluding hydrogens is 317 g/mol. The van der Waals surface area contributed by atoms with Crippen LogP contribution in [0.15, 0.2) is 12.1 Å². The molecule has 0 radical (unpaired) electrons. The zero-order valence-corrected chi connectivity index (χ0v) is 12.7. The molecule has 1 saturated heterocycles. The molecule has 1 aromatic rings. The van der Waals surface area contributed by atoms with Gasteiger partial charge in [0.25, 0.3) is 0 Å². The lowest BCUT2D eigenvalue weighted by Gasteiger charge is -2.26. The number of morpholine rings is 1. The van der Waals surface area contributed by atoms with E-state index in [4.69, 9.17) is 33.7 Å². The van der Waals surface area contributed by atoms with E-state index in [2.05, 4.69) is 5.32 Å². The summed E-state index contributed by atoms with van der Waals surface area (Å²) in [5, 5.41) is 3.18. The maximum Gasteiger partial charge on any atom is 0.248 e. The van der Waals surface area contributed by atoms with Gasteiger partial charge in [0, 0.05) is 25.2 Å². The van der Waals surface area contributed by atoms with Crippen LogP contribution in [-0.4, -0.2) is 43.0 Å². The third kappa shape index (κ3) is 4.23. The van der Waals surface area contributed by atoms with Crippen LogP contribution in [0.4, 0.5) is 11.4 Å². The molecule has 0 unspecified atom stereocenters. The van der Waals surface area contributed by atoms with Crippen molar-refractivity contribution in [3.63, 3.8) is 0 Å². The van der Waals surface area contributed by atoms with Crippen molar-refractivity contribution >= 4 is 46.4 Å². The number of carbonyl (C=O) groups is 2. The van der Waals surface area contributed by atoms with Crippen molar-refractivity contribution in [3.8, 4) is 0 Å². The van der Waals surface area contributed by atoms with Crippen molar-refractivity contribution in [1.82, 2.24) is 4.90 Å². The lowest BCUT2D eigenvalue weighted by molar-refractivity contribution is -0.142. The van der Waals surface area contributed by atoms with Crippen molar-refractivity contribution in [3.05, 3.63) is 22.2 Å². The molecule has 1 fully saturated rings. The predicted molar refractivity (Wildman–Crippen MR) is 81.5 cm³/mol. The molecule has 2 rings (SSSR count). The molecule has 0 saturated carbocycles. The molecule has 6 nitrogen and oxygen atoms in total. The summed E-state index contributed by atoms with van der Waals surface area (Å²) >= 11 is 12.0. The number of carbonyl (C=O) groups excluding carboxylic acids is 2. The third-order valence-electron chi connectivity index (χ3n) is 3.02. The van der Waals surface area contributed by atoms with Crippen LogP contribution in [0.5, 0.6) is 0 Å². The van der Waals surface area contributed by atoms with Crippen LogP contribution in [-0.2, 0) is 14.3 Å². The average molecular weight is 332 g/mol. The Morgan fingerprint density at radius 3 is 2.67 bits per heavy atom. The Morgan fingerprint density at radius 1 is 1.38 bits per heavy atom. The van der Waals surface area contributed by atoms with Crippen LogP contribution in [0.25, 0.3) is 0 Å². The number of nitrogens with zero attached hydrogens (tertiary/aromatic N) is 1. The Bertz CT molecular complexity index is 543. The van der Waals surface area contributed by atoms with Gasteiger partial charge in [-0.15, -0.1) is 0 Å². The molecule has 1 aliphatic heterocycles. The van der Waals surface area contributed by atoms with Crippen molar-refractivity contribution in [2.75, 3.05) is 37.4 Å². The molecule has 1 heterocycles. The number of ether oxygens (including phenoxy) is 1. The maximum absolute atomic E-state index is 11.9. The average Bonchev–Trinajstić information content (AvgIpc) is 2.42. The van der Waals surface area contributed by atoms with Crippen molar-refractivity contribution < 1.29 is 14.3 Å². The molecule has 114 valence electrons. The molecular formula is C13H15Cl2N3O3. The summed E-state index contributed by atoms with van der Waals surface area (Å²) in [6, 6.07) is 3.02. The highest BCUT2D eigenvalue weighted by molar-refractivity contribution is 6.40. The lowest BCUT2D eigenvalue weighted by atomic mass is 10.2. The Morgan fingerprint density at radius 2 is 2.05 bits per heavy atom. The molecule has 0 bridgehead atoms. The van der Waals surface area contributed by atoms with E-state index in [0.29, 0.717) is 31.1 Å². The standard InChI is InChI=1S/C13H15Cl2N3O3/c14-9-5-8(16)6-10(15)13(9)17-11(19)1-2-18-3-4-21-7-12(18)20/h5-6H,1-4,7,16H2,(H,17,19). The van der Waals surface area contributed by atoms with E-state index in [1.54, 1.807) is 4.90 Å². The van der Waals surface area contributed by atoms with E-state index >= 15 is 0 Å². The number of hydrogen-bond acceptors (Lipinski definition) is 4. The fourth-order valence-corrected chi connectivity index (χ4v) is 2.54. The highest BCUT2D eigenvalue weighted by atomic mass is 35.5. The maximum atomic E-state index is 11.9. The minimum Gasteiger partial charge on any atom is -0.399 e. The molecule has 3 N–H and O–H groups in total. The minimum atomic E-state index is -0.275. The van der Waals surface area contributed by atoms with E-state index in [1.807, 2.05) is 0 Å². The summed E-state index contributed by atoms with van der Waals surface area (Å²) in [6.45, 7) is 1.38. The lowest BCUT2D eigenvalue weighted by Crippen LogP contribution is -2.42. The van der Waals surface area contributed by atoms with Crippen molar-refractivity contribution in [2.24, 2.45) is 0 Å². The van der Waals surface area contributed by atoms with Gasteiger partial charge in [-0.05, 0) is 12.1 Å². The number of anilines is 2. The van der Waals surface area contributed by atoms with Gasteiger partial charge in [0.1, 0.15) is 6.61 Å². The Kier molecular flexibility index (Phi) is 5.27. The van der Waals surface area contributed by atoms with E-state index in [-0.39, 0.29) is 34.9 Å². The monoisotopic (exact) mass is 331 g/mol. The molecule has 0 spiro atoms. The first-order valence-corrected chi connectivity index (χ1v) is 7.13. The van der Waals surface area contributed by atoms with Crippen LogP contribution in [0.1, 0.15) is 6.42 Å². The molecule has 8 heteroatoms. The summed E-state index contributed by atoms with van der Waals surface area (Å²) in [4.78, 5) is 25.0. The van der Waals surface area contributed by atoms with Gasteiger partial charge in [-0.1, -0.05) is 23.2 Å². The quantitative estimate of drug-likeness (QED) is 0.823. The Balaban J connectivity index is 1.91. The van der Waals surface area contributed by atoms with E-state index in [1.165, 1.54) is 12.1 Å². The fraction of sp³-hybridized carbons (Fsp3) is 0.385. The Labute approximate surface area is 132 Å². The predicted octanol–water partition coefficient (Wildman–Crippen LogP) is 1.76. The van der Waals surface area contributed by atoms with Crippen LogP contribution < -0.4 is 11.1 Å². The molecule has 1 aromatic carbocycles. The first-order valence-electron chi connectivity index (χ1n) is 6.37. The van der Waals surface area contributed by atoms with E-state index in [9.17, 15) is 9.59 Å². The van der Waals surface area contributed by atoms with Gasteiger partial charge in [0.2, 0.25) is 11.8 Å². The van der Waals surface area contributed by atoms with Gasteiger partial charge >= 0.3 is 0 Å². The number of nitrogens with two attached hydrogens (primary N) is 1. The second-order valence-corrected chi connectivity index (χ2v) is 5.41. The van der Waals surface area contributed by atoms with Gasteiger partial charge in [0.05, 0.1) is 22.3 Å². The van der Waals surface area contributed by atoms with Crippen LogP contribution in [0, 0.1) is 0 Å². The second kappa shape index (κ2) is 6.98. The van der Waals surface area contributed by atoms with Crippen molar-refractivity contribution in [1.29, 1.82) is 0 Å². The molecule has 2 amide bonds. The molecule has 0 aromatic heterocycles. The highest BCUT2D eigenvalue weighted by Gasteiger charge is 2.19. The summed E-state index contributed by atoms with van der Waals surface area (Å²) in [5.41, 5.74) is 6.34. The Hall–Kier alpha value is -1.50. The minimum absolute atomic E-state index is 0.0667. The van der Waals surface area contributed by atoms with Gasteiger partial charge < -0.3 is 20.7 Å². The molecule has 21 heavy (non-hydrogen) atoms. The zero-order chi connectivity index (χ0) is 15.4. The number of nitrogens with one attached hydrogen (secondary N) is 1. The van der Waals surface area contributed by atoms with Gasteiger partial charge in [-0.2, -0.15) is 0 Å². The number of halogens is 2. The second-order valence-electron chi connectivity index (χ2n) is 4.59. The van der Waals surface area contributed by atoms with Crippen molar-refractivity contribution in [2.45, 2.75) is 6.42 Å². The zero-order valence-electron chi connectivity index (χ0n) is 11.2. The summed E-state index contributed by atoms with van der Waals surface area (Å²) in [7, 11) is 0. The van der Waals surface area contributed by atoms with E-state index in [0.717, 1.165) is 0 Å². The molecule has 1 aliphatic rings. The SMILES string of the molecule is Nc1cc(Cl)c(NC(=O)CCN2CCOCC2=O)c(Cl)c1. The smallest absolute Gasteiger partial charge is 0.248 e. The van der Waals surface area contributed by atoms with Gasteiger partial charge in [-0.3, -0.25) is 9.59 Å². The summed E-state index contributed by atoms with van der Waals surface area (Å²) in [5.74, 6) is -0.388. The van der Waals surface area contributed by atoms with Crippen LogP contribution >= 0.6 is 23.2 Å². The fourth-order valence-electron chi connectivity index (χ4n) is 1.94. The van der Waals surface area contributed by atoms with Crippen LogP contribution in [0.2, 0.25) is 10.0 Å². The highest BCUT2D eigenvalue weighted by Crippen LogP contribution is 2.32. The largest absolute Gasteiger partial charge is 0.399 e. The van der Waals surface area contributed by atoms with Gasteiger partial charge in [-0.25, -0.2) is 0 Å². The normalized spacial score (nSPS) is 15.1. The summed E-state index contributed by atoms with van der Waals surface area (Å²) < 4.78 is 5.02. The number of hydrogen-bond donors (Lipinski definition) is 2. The number of amides is 2. The molecule has 0 atom stereocenters. The number of rotatable bonds is 4.